The third-order valence-corrected chi connectivity index (χ3v) is 2.65. The Hall–Kier alpha value is -2.08. The Morgan fingerprint density at radius 2 is 2.30 bits per heavy atom. The Kier molecular flexibility index (Phi) is 6.52. The molecule has 1 rings (SSSR count). The van der Waals surface area contributed by atoms with Crippen molar-refractivity contribution in [1.82, 2.24) is 0 Å². The summed E-state index contributed by atoms with van der Waals surface area (Å²) in [4.78, 5) is 22.5. The number of carbonyl (C=O) groups excluding carboxylic acids is 2. The average Bonchev–Trinajstić information content (AvgIpc) is 2.86. The third-order valence-electron chi connectivity index (χ3n) is 2.65. The lowest BCUT2D eigenvalue weighted by Crippen LogP contribution is -2.91. The van der Waals surface area contributed by atoms with Gasteiger partial charge in [0.1, 0.15) is 6.54 Å². The summed E-state index contributed by atoms with van der Waals surface area (Å²) in [6.45, 7) is 6.09. The Morgan fingerprint density at radius 1 is 1.55 bits per heavy atom. The number of quaternary nitrogens is 1. The SMILES string of the molecule is C=C(C)CCOC(=O)[C@@H](CC(=O)[O-])[NH2+]Cc1ccco1. The quantitative estimate of drug-likeness (QED) is 0.480. The standard InChI is InChI=1S/C14H19NO5/c1-10(2)5-7-20-14(18)12(8-13(16)17)15-9-11-4-3-6-19-11/h3-4,6,12,15H,1,5,7-9H2,2H3,(H,16,17)/t12-/m1/s1. The van der Waals surface area contributed by atoms with Crippen LogP contribution in [0.5, 0.6) is 0 Å². The van der Waals surface area contributed by atoms with E-state index in [1.807, 2.05) is 6.92 Å². The van der Waals surface area contributed by atoms with Crippen LogP contribution >= 0.6 is 0 Å². The van der Waals surface area contributed by atoms with Crippen LogP contribution in [0.25, 0.3) is 0 Å². The summed E-state index contributed by atoms with van der Waals surface area (Å²) in [5.74, 6) is -1.20. The fourth-order valence-electron chi connectivity index (χ4n) is 1.56. The lowest BCUT2D eigenvalue weighted by molar-refractivity contribution is -0.694. The van der Waals surface area contributed by atoms with Crippen LogP contribution in [0, 0.1) is 0 Å². The van der Waals surface area contributed by atoms with E-state index in [1.165, 1.54) is 6.26 Å². The minimum Gasteiger partial charge on any atom is -0.550 e. The summed E-state index contributed by atoms with van der Waals surface area (Å²) in [6, 6.07) is 2.64. The second kappa shape index (κ2) is 8.16. The van der Waals surface area contributed by atoms with Crippen molar-refractivity contribution in [2.75, 3.05) is 6.61 Å². The van der Waals surface area contributed by atoms with Crippen LogP contribution in [0.3, 0.4) is 0 Å². The predicted octanol–water partition coefficient (Wildman–Crippen LogP) is -0.639. The highest BCUT2D eigenvalue weighted by atomic mass is 16.5. The van der Waals surface area contributed by atoms with Crippen LogP contribution in [0.4, 0.5) is 0 Å². The summed E-state index contributed by atoms with van der Waals surface area (Å²) in [6.07, 6.45) is 1.68. The molecule has 0 unspecified atom stereocenters. The van der Waals surface area contributed by atoms with E-state index < -0.39 is 24.4 Å². The lowest BCUT2D eigenvalue weighted by Gasteiger charge is -2.14. The normalized spacial score (nSPS) is 11.8. The van der Waals surface area contributed by atoms with E-state index in [0.29, 0.717) is 18.7 Å². The number of ether oxygens (including phenoxy) is 1. The molecule has 0 aliphatic rings. The Labute approximate surface area is 117 Å². The lowest BCUT2D eigenvalue weighted by atomic mass is 10.2. The largest absolute Gasteiger partial charge is 0.550 e. The summed E-state index contributed by atoms with van der Waals surface area (Å²) >= 11 is 0. The van der Waals surface area contributed by atoms with Gasteiger partial charge in [-0.3, -0.25) is 0 Å². The molecule has 0 bridgehead atoms. The number of hydrogen-bond donors (Lipinski definition) is 1. The molecule has 0 fully saturated rings. The van der Waals surface area contributed by atoms with Crippen molar-refractivity contribution in [1.29, 1.82) is 0 Å². The van der Waals surface area contributed by atoms with Crippen LogP contribution in [-0.4, -0.2) is 24.6 Å². The highest BCUT2D eigenvalue weighted by Gasteiger charge is 2.24. The van der Waals surface area contributed by atoms with Crippen molar-refractivity contribution in [2.24, 2.45) is 0 Å². The smallest absolute Gasteiger partial charge is 0.365 e. The Balaban J connectivity index is 2.47. The van der Waals surface area contributed by atoms with E-state index in [1.54, 1.807) is 17.4 Å². The number of carbonyl (C=O) groups is 2. The number of carboxylic acids is 1. The van der Waals surface area contributed by atoms with Crippen molar-refractivity contribution in [2.45, 2.75) is 32.4 Å². The van der Waals surface area contributed by atoms with Gasteiger partial charge in [-0.05, 0) is 19.1 Å². The van der Waals surface area contributed by atoms with Gasteiger partial charge in [0.2, 0.25) is 0 Å². The Bertz CT molecular complexity index is 452. The first-order chi connectivity index (χ1) is 9.49. The predicted molar refractivity (Wildman–Crippen MR) is 68.1 cm³/mol. The number of aliphatic carboxylic acids is 1. The van der Waals surface area contributed by atoms with Gasteiger partial charge in [-0.2, -0.15) is 0 Å². The number of esters is 1. The van der Waals surface area contributed by atoms with Gasteiger partial charge in [0.15, 0.2) is 11.8 Å². The number of hydrogen-bond acceptors (Lipinski definition) is 5. The molecule has 2 N–H and O–H groups in total. The van der Waals surface area contributed by atoms with E-state index in [-0.39, 0.29) is 6.61 Å². The van der Waals surface area contributed by atoms with Gasteiger partial charge < -0.3 is 24.4 Å². The fraction of sp³-hybridized carbons (Fsp3) is 0.429. The molecule has 1 aromatic heterocycles. The molecular weight excluding hydrogens is 262 g/mol. The molecule has 1 atom stereocenters. The summed E-state index contributed by atoms with van der Waals surface area (Å²) < 4.78 is 10.2. The molecule has 20 heavy (non-hydrogen) atoms. The molecule has 0 radical (unpaired) electrons. The van der Waals surface area contributed by atoms with Gasteiger partial charge in [0, 0.05) is 12.4 Å². The maximum Gasteiger partial charge on any atom is 0.365 e. The van der Waals surface area contributed by atoms with Crippen molar-refractivity contribution in [3.05, 3.63) is 36.3 Å². The first-order valence-electron chi connectivity index (χ1n) is 6.35. The summed E-state index contributed by atoms with van der Waals surface area (Å²) in [7, 11) is 0. The molecule has 0 spiro atoms. The molecule has 110 valence electrons. The minimum atomic E-state index is -1.29. The number of nitrogens with two attached hydrogens (primary N) is 1. The number of furan rings is 1. The molecule has 0 aliphatic heterocycles. The molecule has 0 saturated carbocycles. The van der Waals surface area contributed by atoms with Gasteiger partial charge in [0.25, 0.3) is 0 Å². The van der Waals surface area contributed by atoms with Gasteiger partial charge in [-0.15, -0.1) is 6.58 Å². The summed E-state index contributed by atoms with van der Waals surface area (Å²) in [5.41, 5.74) is 0.897. The van der Waals surface area contributed by atoms with Crippen LogP contribution < -0.4 is 10.4 Å². The zero-order valence-corrected chi connectivity index (χ0v) is 11.5. The second-order valence-corrected chi connectivity index (χ2v) is 4.58. The van der Waals surface area contributed by atoms with Crippen molar-refractivity contribution < 1.29 is 29.2 Å². The molecule has 0 amide bonds. The number of carboxylic acid groups (broad SMARTS) is 1. The second-order valence-electron chi connectivity index (χ2n) is 4.58. The molecule has 1 aromatic rings. The fourth-order valence-corrected chi connectivity index (χ4v) is 1.56. The van der Waals surface area contributed by atoms with Crippen LogP contribution in [0.1, 0.15) is 25.5 Å². The minimum absolute atomic E-state index is 0.201. The van der Waals surface area contributed by atoms with Crippen molar-refractivity contribution in [3.63, 3.8) is 0 Å². The van der Waals surface area contributed by atoms with E-state index in [9.17, 15) is 14.7 Å². The van der Waals surface area contributed by atoms with E-state index in [0.717, 1.165) is 5.57 Å². The maximum atomic E-state index is 11.8. The van der Waals surface area contributed by atoms with E-state index in [2.05, 4.69) is 6.58 Å². The van der Waals surface area contributed by atoms with Gasteiger partial charge in [0.05, 0.1) is 19.3 Å². The maximum absolute atomic E-state index is 11.8. The Morgan fingerprint density at radius 3 is 2.85 bits per heavy atom. The highest BCUT2D eigenvalue weighted by molar-refractivity contribution is 5.79. The monoisotopic (exact) mass is 281 g/mol. The molecule has 0 saturated heterocycles. The first-order valence-corrected chi connectivity index (χ1v) is 6.35. The molecule has 6 heteroatoms. The molecule has 6 nitrogen and oxygen atoms in total. The molecule has 1 heterocycles. The molecule has 0 aromatic carbocycles. The van der Waals surface area contributed by atoms with Crippen LogP contribution in [-0.2, 0) is 20.9 Å². The van der Waals surface area contributed by atoms with Gasteiger partial charge >= 0.3 is 5.97 Å². The van der Waals surface area contributed by atoms with Crippen LogP contribution in [0.15, 0.2) is 35.0 Å². The van der Waals surface area contributed by atoms with Crippen LogP contribution in [0.2, 0.25) is 0 Å². The average molecular weight is 281 g/mol. The van der Waals surface area contributed by atoms with E-state index in [4.69, 9.17) is 9.15 Å². The van der Waals surface area contributed by atoms with Gasteiger partial charge in [-0.1, -0.05) is 5.57 Å². The van der Waals surface area contributed by atoms with Gasteiger partial charge in [-0.25, -0.2) is 4.79 Å². The molecule has 0 aliphatic carbocycles. The number of rotatable bonds is 9. The zero-order chi connectivity index (χ0) is 15.0. The summed E-state index contributed by atoms with van der Waals surface area (Å²) in [5, 5.41) is 12.2. The highest BCUT2D eigenvalue weighted by Crippen LogP contribution is 1.99. The van der Waals surface area contributed by atoms with E-state index >= 15 is 0 Å². The van der Waals surface area contributed by atoms with Crippen molar-refractivity contribution in [3.8, 4) is 0 Å². The third kappa shape index (κ3) is 6.19. The topological polar surface area (TPSA) is 96.2 Å². The van der Waals surface area contributed by atoms with Crippen molar-refractivity contribution >= 4 is 11.9 Å². The molecular formula is C14H19NO5. The first kappa shape index (κ1) is 16.0. The zero-order valence-electron chi connectivity index (χ0n) is 11.5.